The van der Waals surface area contributed by atoms with Crippen molar-refractivity contribution in [2.45, 2.75) is 9.79 Å². The number of sulfonamides is 1. The topological polar surface area (TPSA) is 92.7 Å². The molecule has 0 radical (unpaired) electrons. The second kappa shape index (κ2) is 8.84. The number of carboxylic acid groups (broad SMARTS) is 1. The van der Waals surface area contributed by atoms with Crippen molar-refractivity contribution in [2.24, 2.45) is 0 Å². The number of aliphatic carboxylic acids is 1. The van der Waals surface area contributed by atoms with Gasteiger partial charge in [-0.25, -0.2) is 22.3 Å². The van der Waals surface area contributed by atoms with Gasteiger partial charge < -0.3 is 9.84 Å². The largest absolute Gasteiger partial charge is 0.482 e. The van der Waals surface area contributed by atoms with E-state index in [4.69, 9.17) is 9.84 Å². The number of nitrogens with one attached hydrogen (secondary N) is 1. The van der Waals surface area contributed by atoms with Crippen LogP contribution in [0.3, 0.4) is 0 Å². The molecule has 0 aromatic heterocycles. The predicted octanol–water partition coefficient (Wildman–Crippen LogP) is 2.36. The third kappa shape index (κ3) is 6.37. The van der Waals surface area contributed by atoms with Crippen molar-refractivity contribution in [3.05, 3.63) is 54.3 Å². The monoisotopic (exact) mass is 385 g/mol. The Kier molecular flexibility index (Phi) is 6.80. The molecule has 0 fully saturated rings. The lowest BCUT2D eigenvalue weighted by molar-refractivity contribution is -0.139. The second-order valence-electron chi connectivity index (χ2n) is 4.85. The molecule has 2 rings (SSSR count). The van der Waals surface area contributed by atoms with E-state index in [1.165, 1.54) is 23.9 Å². The Balaban J connectivity index is 1.78. The van der Waals surface area contributed by atoms with Crippen molar-refractivity contribution in [1.29, 1.82) is 0 Å². The van der Waals surface area contributed by atoms with E-state index in [-0.39, 0.29) is 11.4 Å². The fraction of sp³-hybridized carbons (Fsp3) is 0.188. The van der Waals surface area contributed by atoms with Crippen molar-refractivity contribution in [2.75, 3.05) is 18.9 Å². The number of hydrogen-bond acceptors (Lipinski definition) is 5. The fourth-order valence-electron chi connectivity index (χ4n) is 1.82. The predicted molar refractivity (Wildman–Crippen MR) is 91.9 cm³/mol. The van der Waals surface area contributed by atoms with E-state index in [0.717, 1.165) is 17.0 Å². The first kappa shape index (κ1) is 19.2. The molecule has 9 heteroatoms. The zero-order valence-electron chi connectivity index (χ0n) is 13.0. The van der Waals surface area contributed by atoms with Crippen LogP contribution in [0.4, 0.5) is 4.39 Å². The van der Waals surface area contributed by atoms with E-state index in [2.05, 4.69) is 4.72 Å². The summed E-state index contributed by atoms with van der Waals surface area (Å²) >= 11 is 1.43. The number of hydrogen-bond donors (Lipinski definition) is 2. The van der Waals surface area contributed by atoms with Gasteiger partial charge in [-0.3, -0.25) is 0 Å². The Labute approximate surface area is 149 Å². The number of thioether (sulfide) groups is 1. The van der Waals surface area contributed by atoms with Gasteiger partial charge in [0.05, 0.1) is 4.90 Å². The molecule has 2 aromatic rings. The van der Waals surface area contributed by atoms with Crippen molar-refractivity contribution in [3.8, 4) is 5.75 Å². The third-order valence-electron chi connectivity index (χ3n) is 2.97. The van der Waals surface area contributed by atoms with Gasteiger partial charge in [0, 0.05) is 17.2 Å². The van der Waals surface area contributed by atoms with Gasteiger partial charge in [-0.15, -0.1) is 11.8 Å². The number of halogens is 1. The highest BCUT2D eigenvalue weighted by atomic mass is 32.2. The van der Waals surface area contributed by atoms with Crippen molar-refractivity contribution < 1.29 is 27.4 Å². The zero-order chi connectivity index (χ0) is 18.3. The smallest absolute Gasteiger partial charge is 0.341 e. The molecule has 134 valence electrons. The number of carboxylic acids is 1. The van der Waals surface area contributed by atoms with Crippen molar-refractivity contribution >= 4 is 27.8 Å². The average Bonchev–Trinajstić information content (AvgIpc) is 2.58. The normalized spacial score (nSPS) is 11.2. The summed E-state index contributed by atoms with van der Waals surface area (Å²) in [4.78, 5) is 11.3. The number of rotatable bonds is 9. The molecule has 0 bridgehead atoms. The summed E-state index contributed by atoms with van der Waals surface area (Å²) in [7, 11) is -3.66. The van der Waals surface area contributed by atoms with Crippen LogP contribution < -0.4 is 9.46 Å². The van der Waals surface area contributed by atoms with Crippen LogP contribution >= 0.6 is 11.8 Å². The Bertz CT molecular complexity index is 807. The standard InChI is InChI=1S/C16H16FNO5S2/c17-12-1-7-15(8-2-12)25(21,22)18-9-10-24-14-5-3-13(4-6-14)23-11-16(19)20/h1-8,18H,9-11H2,(H,19,20). The molecular formula is C16H16FNO5S2. The van der Waals surface area contributed by atoms with Crippen LogP contribution in [-0.2, 0) is 14.8 Å². The summed E-state index contributed by atoms with van der Waals surface area (Å²) in [5.74, 6) is -0.601. The molecule has 0 spiro atoms. The lowest BCUT2D eigenvalue weighted by Crippen LogP contribution is -2.26. The molecule has 25 heavy (non-hydrogen) atoms. The van der Waals surface area contributed by atoms with Gasteiger partial charge >= 0.3 is 5.97 Å². The molecule has 6 nitrogen and oxygen atoms in total. The van der Waals surface area contributed by atoms with Crippen LogP contribution in [0.15, 0.2) is 58.3 Å². The molecule has 0 saturated carbocycles. The lowest BCUT2D eigenvalue weighted by atomic mass is 10.3. The van der Waals surface area contributed by atoms with Gasteiger partial charge in [-0.2, -0.15) is 0 Å². The molecule has 0 heterocycles. The number of carbonyl (C=O) groups is 1. The number of ether oxygens (including phenoxy) is 1. The maximum absolute atomic E-state index is 12.8. The van der Waals surface area contributed by atoms with Crippen LogP contribution in [0.1, 0.15) is 0 Å². The number of benzene rings is 2. The van der Waals surface area contributed by atoms with E-state index >= 15 is 0 Å². The first-order chi connectivity index (χ1) is 11.9. The SMILES string of the molecule is O=C(O)COc1ccc(SCCNS(=O)(=O)c2ccc(F)cc2)cc1. The van der Waals surface area contributed by atoms with E-state index in [0.29, 0.717) is 11.5 Å². The van der Waals surface area contributed by atoms with Crippen LogP contribution in [-0.4, -0.2) is 38.4 Å². The highest BCUT2D eigenvalue weighted by molar-refractivity contribution is 7.99. The Morgan fingerprint density at radius 2 is 1.76 bits per heavy atom. The molecule has 0 atom stereocenters. The highest BCUT2D eigenvalue weighted by Crippen LogP contribution is 2.21. The van der Waals surface area contributed by atoms with E-state index in [9.17, 15) is 17.6 Å². The summed E-state index contributed by atoms with van der Waals surface area (Å²) in [6, 6.07) is 11.4. The Hall–Kier alpha value is -2.10. The minimum absolute atomic E-state index is 0.0128. The van der Waals surface area contributed by atoms with Crippen LogP contribution in [0.2, 0.25) is 0 Å². The Morgan fingerprint density at radius 1 is 1.12 bits per heavy atom. The first-order valence-corrected chi connectivity index (χ1v) is 9.66. The fourth-order valence-corrected chi connectivity index (χ4v) is 3.75. The van der Waals surface area contributed by atoms with Gasteiger partial charge in [0.15, 0.2) is 6.61 Å². The van der Waals surface area contributed by atoms with Crippen LogP contribution in [0.25, 0.3) is 0 Å². The van der Waals surface area contributed by atoms with Crippen LogP contribution in [0.5, 0.6) is 5.75 Å². The molecule has 2 aromatic carbocycles. The molecule has 0 aliphatic heterocycles. The van der Waals surface area contributed by atoms with Gasteiger partial charge in [-0.1, -0.05) is 0 Å². The highest BCUT2D eigenvalue weighted by Gasteiger charge is 2.13. The van der Waals surface area contributed by atoms with E-state index in [1.54, 1.807) is 24.3 Å². The summed E-state index contributed by atoms with van der Waals surface area (Å²) < 4.78 is 44.3. The molecule has 0 aliphatic carbocycles. The minimum atomic E-state index is -3.66. The molecule has 0 unspecified atom stereocenters. The molecular weight excluding hydrogens is 369 g/mol. The summed E-state index contributed by atoms with van der Waals surface area (Å²) in [5.41, 5.74) is 0. The van der Waals surface area contributed by atoms with E-state index in [1.807, 2.05) is 0 Å². The van der Waals surface area contributed by atoms with E-state index < -0.39 is 28.4 Å². The lowest BCUT2D eigenvalue weighted by Gasteiger charge is -2.07. The van der Waals surface area contributed by atoms with Crippen molar-refractivity contribution in [3.63, 3.8) is 0 Å². The maximum atomic E-state index is 12.8. The van der Waals surface area contributed by atoms with Gasteiger partial charge in [0.1, 0.15) is 11.6 Å². The van der Waals surface area contributed by atoms with Gasteiger partial charge in [-0.05, 0) is 48.5 Å². The molecule has 0 amide bonds. The van der Waals surface area contributed by atoms with Gasteiger partial charge in [0.2, 0.25) is 10.0 Å². The minimum Gasteiger partial charge on any atom is -0.482 e. The first-order valence-electron chi connectivity index (χ1n) is 7.19. The summed E-state index contributed by atoms with van der Waals surface area (Å²) in [6.07, 6.45) is 0. The second-order valence-corrected chi connectivity index (χ2v) is 7.79. The molecule has 0 saturated heterocycles. The Morgan fingerprint density at radius 3 is 2.36 bits per heavy atom. The third-order valence-corrected chi connectivity index (χ3v) is 5.46. The zero-order valence-corrected chi connectivity index (χ0v) is 14.6. The van der Waals surface area contributed by atoms with Crippen molar-refractivity contribution in [1.82, 2.24) is 4.72 Å². The molecule has 0 aliphatic rings. The average molecular weight is 385 g/mol. The van der Waals surface area contributed by atoms with Gasteiger partial charge in [0.25, 0.3) is 0 Å². The van der Waals surface area contributed by atoms with Crippen LogP contribution in [0, 0.1) is 5.82 Å². The maximum Gasteiger partial charge on any atom is 0.341 e. The quantitative estimate of drug-likeness (QED) is 0.509. The molecule has 2 N–H and O–H groups in total. The summed E-state index contributed by atoms with van der Waals surface area (Å²) in [5, 5.41) is 8.53. The summed E-state index contributed by atoms with van der Waals surface area (Å²) in [6.45, 7) is -0.195.